The number of hydrogen-bond donors (Lipinski definition) is 5. The van der Waals surface area contributed by atoms with Gasteiger partial charge in [0.1, 0.15) is 12.4 Å². The highest BCUT2D eigenvalue weighted by molar-refractivity contribution is 5.78. The Labute approximate surface area is 198 Å². The van der Waals surface area contributed by atoms with Gasteiger partial charge in [-0.25, -0.2) is 0 Å². The molecule has 0 fully saturated rings. The van der Waals surface area contributed by atoms with E-state index in [1.54, 1.807) is 0 Å². The van der Waals surface area contributed by atoms with E-state index in [2.05, 4.69) is 4.98 Å². The minimum absolute atomic E-state index is 0.144. The smallest absolute Gasteiger partial charge is 0.290 e. The molecule has 0 spiro atoms. The summed E-state index contributed by atoms with van der Waals surface area (Å²) in [7, 11) is 0. The normalized spacial score (nSPS) is 13.0. The summed E-state index contributed by atoms with van der Waals surface area (Å²) in [5, 5.41) is 27.5. The van der Waals surface area contributed by atoms with Crippen LogP contribution in [0, 0.1) is 0 Å². The molecule has 8 heteroatoms. The SMILES string of the molecule is CC[C@H](O)CC[C@H](O)COc1cccc(/C=C(\N)Cc2cc3ccccc3[nH]c2=O)c1.O=CO. The fourth-order valence-electron chi connectivity index (χ4n) is 3.37. The number of benzene rings is 2. The fraction of sp³-hybridized carbons (Fsp3) is 0.308. The Morgan fingerprint density at radius 1 is 1.09 bits per heavy atom. The van der Waals surface area contributed by atoms with Gasteiger partial charge in [-0.1, -0.05) is 37.3 Å². The van der Waals surface area contributed by atoms with E-state index in [1.165, 1.54) is 0 Å². The number of ether oxygens (including phenoxy) is 1. The van der Waals surface area contributed by atoms with Crippen molar-refractivity contribution in [1.82, 2.24) is 4.98 Å². The van der Waals surface area contributed by atoms with Gasteiger partial charge in [0.15, 0.2) is 0 Å². The van der Waals surface area contributed by atoms with Gasteiger partial charge in [0.05, 0.1) is 12.2 Å². The van der Waals surface area contributed by atoms with E-state index in [1.807, 2.05) is 67.6 Å². The standard InChI is InChI=1S/C25H30N2O4.CH2O2/c1-2-21(28)10-11-22(29)16-31-23-8-5-6-17(13-23)12-20(26)15-19-14-18-7-3-4-9-24(18)27-25(19)30;2-1-3/h3-9,12-14,21-22,28-29H,2,10-11,15-16,26H2,1H3,(H,27,30);1H,(H,2,3)/b20-12-;/t21-,22-;/m0./s1. The fourth-order valence-corrected chi connectivity index (χ4v) is 3.37. The van der Waals surface area contributed by atoms with Gasteiger partial charge in [-0.05, 0) is 60.6 Å². The number of aliphatic hydroxyl groups is 2. The molecule has 3 aromatic rings. The highest BCUT2D eigenvalue weighted by atomic mass is 16.5. The van der Waals surface area contributed by atoms with Gasteiger partial charge < -0.3 is 30.8 Å². The van der Waals surface area contributed by atoms with Crippen LogP contribution in [0.2, 0.25) is 0 Å². The highest BCUT2D eigenvalue weighted by Crippen LogP contribution is 2.17. The maximum Gasteiger partial charge on any atom is 0.290 e. The van der Waals surface area contributed by atoms with Gasteiger partial charge in [0.25, 0.3) is 12.0 Å². The van der Waals surface area contributed by atoms with Crippen molar-refractivity contribution in [2.24, 2.45) is 5.73 Å². The quantitative estimate of drug-likeness (QED) is 0.287. The Kier molecular flexibility index (Phi) is 10.8. The summed E-state index contributed by atoms with van der Waals surface area (Å²) in [5.74, 6) is 0.625. The van der Waals surface area contributed by atoms with Gasteiger partial charge in [-0.15, -0.1) is 0 Å². The summed E-state index contributed by atoms with van der Waals surface area (Å²) in [6.07, 6.45) is 2.84. The van der Waals surface area contributed by atoms with Crippen molar-refractivity contribution >= 4 is 23.5 Å². The highest BCUT2D eigenvalue weighted by Gasteiger charge is 2.09. The van der Waals surface area contributed by atoms with Gasteiger partial charge in [0.2, 0.25) is 0 Å². The van der Waals surface area contributed by atoms with Gasteiger partial charge in [-0.2, -0.15) is 0 Å². The third kappa shape index (κ3) is 8.73. The molecule has 0 amide bonds. The molecule has 182 valence electrons. The average Bonchev–Trinajstić information content (AvgIpc) is 2.82. The van der Waals surface area contributed by atoms with Crippen molar-refractivity contribution in [1.29, 1.82) is 0 Å². The molecule has 0 unspecified atom stereocenters. The lowest BCUT2D eigenvalue weighted by molar-refractivity contribution is -0.122. The van der Waals surface area contributed by atoms with Crippen molar-refractivity contribution in [2.75, 3.05) is 6.61 Å². The van der Waals surface area contributed by atoms with Crippen LogP contribution in [0.15, 0.2) is 65.1 Å². The minimum Gasteiger partial charge on any atom is -0.491 e. The number of nitrogens with one attached hydrogen (secondary N) is 1. The number of fused-ring (bicyclic) bond motifs is 1. The molecule has 1 aromatic heterocycles. The number of H-pyrrole nitrogens is 1. The number of carbonyl (C=O) groups is 1. The molecule has 0 aliphatic rings. The molecule has 0 aliphatic carbocycles. The van der Waals surface area contributed by atoms with Gasteiger partial charge >= 0.3 is 0 Å². The Morgan fingerprint density at radius 2 is 1.79 bits per heavy atom. The number of aromatic nitrogens is 1. The molecular formula is C26H32N2O6. The van der Waals surface area contributed by atoms with E-state index >= 15 is 0 Å². The summed E-state index contributed by atoms with van der Waals surface area (Å²) >= 11 is 0. The van der Waals surface area contributed by atoms with Gasteiger partial charge in [0, 0.05) is 23.2 Å². The number of allylic oxidation sites excluding steroid dienone is 1. The molecule has 2 atom stereocenters. The van der Waals surface area contributed by atoms with Crippen molar-refractivity contribution in [2.45, 2.75) is 44.8 Å². The molecule has 0 bridgehead atoms. The molecule has 2 aromatic carbocycles. The summed E-state index contributed by atoms with van der Waals surface area (Å²) in [4.78, 5) is 23.6. The van der Waals surface area contributed by atoms with Crippen LogP contribution in [-0.4, -0.2) is 45.6 Å². The molecular weight excluding hydrogens is 436 g/mol. The zero-order chi connectivity index (χ0) is 24.9. The first-order chi connectivity index (χ1) is 16.4. The van der Waals surface area contributed by atoms with Crippen LogP contribution in [-0.2, 0) is 11.2 Å². The lowest BCUT2D eigenvalue weighted by Gasteiger charge is -2.14. The third-order valence-corrected chi connectivity index (χ3v) is 5.18. The molecule has 0 saturated heterocycles. The Bertz CT molecular complexity index is 1140. The molecule has 34 heavy (non-hydrogen) atoms. The molecule has 6 N–H and O–H groups in total. The van der Waals surface area contributed by atoms with Crippen LogP contribution >= 0.6 is 0 Å². The number of para-hydroxylation sites is 1. The monoisotopic (exact) mass is 468 g/mol. The summed E-state index contributed by atoms with van der Waals surface area (Å²) < 4.78 is 5.68. The lowest BCUT2D eigenvalue weighted by Crippen LogP contribution is -2.19. The largest absolute Gasteiger partial charge is 0.491 e. The number of pyridine rings is 1. The van der Waals surface area contributed by atoms with Crippen LogP contribution in [0.25, 0.3) is 17.0 Å². The number of aliphatic hydroxyl groups excluding tert-OH is 2. The van der Waals surface area contributed by atoms with Crippen molar-refractivity contribution in [3.8, 4) is 5.75 Å². The van der Waals surface area contributed by atoms with Crippen molar-refractivity contribution in [3.05, 3.63) is 81.8 Å². The minimum atomic E-state index is -0.634. The first kappa shape index (κ1) is 26.6. The lowest BCUT2D eigenvalue weighted by atomic mass is 10.1. The first-order valence-electron chi connectivity index (χ1n) is 11.1. The third-order valence-electron chi connectivity index (χ3n) is 5.18. The molecule has 0 radical (unpaired) electrons. The maximum absolute atomic E-state index is 12.3. The number of rotatable bonds is 10. The van der Waals surface area contributed by atoms with E-state index in [9.17, 15) is 15.0 Å². The van der Waals surface area contributed by atoms with E-state index in [0.717, 1.165) is 16.5 Å². The van der Waals surface area contributed by atoms with Crippen LogP contribution in [0.3, 0.4) is 0 Å². The molecule has 0 aliphatic heterocycles. The second kappa shape index (κ2) is 13.8. The molecule has 3 rings (SSSR count). The number of hydrogen-bond acceptors (Lipinski definition) is 6. The number of aromatic amines is 1. The number of carboxylic acid groups (broad SMARTS) is 1. The summed E-state index contributed by atoms with van der Waals surface area (Å²) in [6.45, 7) is 1.82. The molecule has 8 nitrogen and oxygen atoms in total. The Hall–Kier alpha value is -3.62. The van der Waals surface area contributed by atoms with Crippen molar-refractivity contribution in [3.63, 3.8) is 0 Å². The van der Waals surface area contributed by atoms with Crippen LogP contribution in [0.1, 0.15) is 37.3 Å². The van der Waals surface area contributed by atoms with E-state index in [0.29, 0.717) is 42.7 Å². The average molecular weight is 469 g/mol. The van der Waals surface area contributed by atoms with Crippen LogP contribution in [0.5, 0.6) is 5.75 Å². The van der Waals surface area contributed by atoms with E-state index < -0.39 is 6.10 Å². The zero-order valence-electron chi connectivity index (χ0n) is 19.2. The molecule has 0 saturated carbocycles. The predicted molar refractivity (Wildman–Crippen MR) is 133 cm³/mol. The van der Waals surface area contributed by atoms with Crippen molar-refractivity contribution < 1.29 is 24.9 Å². The van der Waals surface area contributed by atoms with Crippen LogP contribution < -0.4 is 16.0 Å². The van der Waals surface area contributed by atoms with Gasteiger partial charge in [-0.3, -0.25) is 9.59 Å². The second-order valence-corrected chi connectivity index (χ2v) is 7.89. The Balaban J connectivity index is 0.00000129. The Morgan fingerprint density at radius 3 is 2.53 bits per heavy atom. The van der Waals surface area contributed by atoms with Crippen LogP contribution in [0.4, 0.5) is 0 Å². The van der Waals surface area contributed by atoms with E-state index in [-0.39, 0.29) is 24.7 Å². The number of nitrogens with two attached hydrogens (primary N) is 1. The topological polar surface area (TPSA) is 146 Å². The predicted octanol–water partition coefficient (Wildman–Crippen LogP) is 3.06. The molecule has 1 heterocycles. The second-order valence-electron chi connectivity index (χ2n) is 7.89. The summed E-state index contributed by atoms with van der Waals surface area (Å²) in [5.41, 5.74) is 8.88. The maximum atomic E-state index is 12.3. The first-order valence-corrected chi connectivity index (χ1v) is 11.1. The summed E-state index contributed by atoms with van der Waals surface area (Å²) in [6, 6.07) is 16.9. The van der Waals surface area contributed by atoms with E-state index in [4.69, 9.17) is 20.4 Å². The zero-order valence-corrected chi connectivity index (χ0v) is 19.2.